The van der Waals surface area contributed by atoms with Crippen LogP contribution in [-0.2, 0) is 17.4 Å². The lowest BCUT2D eigenvalue weighted by Gasteiger charge is -2.10. The number of thiazole rings is 1. The number of carbonyl (C=O) groups is 2. The third-order valence-electron chi connectivity index (χ3n) is 4.07. The Hall–Kier alpha value is -3.17. The van der Waals surface area contributed by atoms with Gasteiger partial charge in [0.05, 0.1) is 10.6 Å². The first-order chi connectivity index (χ1) is 14.7. The molecule has 0 radical (unpaired) electrons. The smallest absolute Gasteiger partial charge is 0.323 e. The van der Waals surface area contributed by atoms with Crippen LogP contribution < -0.4 is 10.6 Å². The van der Waals surface area contributed by atoms with E-state index in [0.29, 0.717) is 26.8 Å². The first kappa shape index (κ1) is 22.5. The second kappa shape index (κ2) is 9.32. The second-order valence-electron chi connectivity index (χ2n) is 6.35. The van der Waals surface area contributed by atoms with Crippen LogP contribution in [0, 0.1) is 0 Å². The molecular formula is C21H15ClF3N3O2S. The van der Waals surface area contributed by atoms with Gasteiger partial charge in [-0.3, -0.25) is 14.9 Å². The Kier molecular flexibility index (Phi) is 6.77. The normalized spacial score (nSPS) is 11.1. The second-order valence-corrected chi connectivity index (χ2v) is 7.87. The van der Waals surface area contributed by atoms with Gasteiger partial charge in [-0.15, -0.1) is 11.3 Å². The van der Waals surface area contributed by atoms with Crippen molar-refractivity contribution in [3.8, 4) is 0 Å². The van der Waals surface area contributed by atoms with Crippen LogP contribution in [0.25, 0.3) is 0 Å². The fourth-order valence-electron chi connectivity index (χ4n) is 2.65. The molecule has 0 bridgehead atoms. The van der Waals surface area contributed by atoms with Gasteiger partial charge < -0.3 is 5.32 Å². The largest absolute Gasteiger partial charge is 0.417 e. The molecule has 0 fully saturated rings. The molecule has 1 heterocycles. The molecule has 2 aromatic carbocycles. The zero-order valence-corrected chi connectivity index (χ0v) is 17.4. The van der Waals surface area contributed by atoms with E-state index >= 15 is 0 Å². The van der Waals surface area contributed by atoms with Crippen LogP contribution in [0.2, 0.25) is 5.02 Å². The number of benzene rings is 2. The van der Waals surface area contributed by atoms with Crippen molar-refractivity contribution in [2.24, 2.45) is 0 Å². The molecule has 0 aliphatic rings. The lowest BCUT2D eigenvalue weighted by molar-refractivity contribution is -0.137. The summed E-state index contributed by atoms with van der Waals surface area (Å²) in [6.45, 7) is 3.36. The number of hydrogen-bond acceptors (Lipinski definition) is 4. The molecule has 0 spiro atoms. The number of aromatic nitrogens is 1. The summed E-state index contributed by atoms with van der Waals surface area (Å²) in [7, 11) is 0. The summed E-state index contributed by atoms with van der Waals surface area (Å²) >= 11 is 6.79. The SMILES string of the molecule is C=CC(=O)Nc1cccc(C(=O)Nc2ncc(Cc3ccc(Cl)c(C(F)(F)F)c3)s2)c1. The van der Waals surface area contributed by atoms with E-state index in [0.717, 1.165) is 23.5 Å². The van der Waals surface area contributed by atoms with Crippen molar-refractivity contribution < 1.29 is 22.8 Å². The predicted molar refractivity (Wildman–Crippen MR) is 115 cm³/mol. The molecule has 5 nitrogen and oxygen atoms in total. The highest BCUT2D eigenvalue weighted by atomic mass is 35.5. The van der Waals surface area contributed by atoms with Crippen molar-refractivity contribution in [3.63, 3.8) is 0 Å². The summed E-state index contributed by atoms with van der Waals surface area (Å²) in [5, 5.41) is 5.14. The van der Waals surface area contributed by atoms with Gasteiger partial charge in [-0.25, -0.2) is 4.98 Å². The summed E-state index contributed by atoms with van der Waals surface area (Å²) in [4.78, 5) is 28.6. The van der Waals surface area contributed by atoms with Crippen molar-refractivity contribution in [1.82, 2.24) is 4.98 Å². The van der Waals surface area contributed by atoms with Crippen molar-refractivity contribution in [3.05, 3.63) is 87.9 Å². The maximum Gasteiger partial charge on any atom is 0.417 e. The Morgan fingerprint density at radius 3 is 2.65 bits per heavy atom. The first-order valence-electron chi connectivity index (χ1n) is 8.81. The Morgan fingerprint density at radius 2 is 1.94 bits per heavy atom. The molecule has 2 amide bonds. The van der Waals surface area contributed by atoms with Gasteiger partial charge in [-0.2, -0.15) is 13.2 Å². The standard InChI is InChI=1S/C21H15ClF3N3O2S/c1-2-18(29)27-14-5-3-4-13(10-14)19(30)28-20-26-11-15(31-20)8-12-6-7-17(22)16(9-12)21(23,24)25/h2-7,9-11H,1,8H2,(H,27,29)(H,26,28,30). The van der Waals surface area contributed by atoms with E-state index in [9.17, 15) is 22.8 Å². The summed E-state index contributed by atoms with van der Waals surface area (Å²) in [6.07, 6.45) is -1.73. The maximum absolute atomic E-state index is 13.0. The summed E-state index contributed by atoms with van der Waals surface area (Å²) < 4.78 is 39.1. The minimum atomic E-state index is -4.54. The zero-order chi connectivity index (χ0) is 22.6. The van der Waals surface area contributed by atoms with Gasteiger partial charge in [-0.1, -0.05) is 30.3 Å². The highest BCUT2D eigenvalue weighted by molar-refractivity contribution is 7.15. The van der Waals surface area contributed by atoms with Crippen molar-refractivity contribution in [2.45, 2.75) is 12.6 Å². The van der Waals surface area contributed by atoms with Gasteiger partial charge in [0.25, 0.3) is 5.91 Å². The molecule has 0 aliphatic heterocycles. The molecule has 160 valence electrons. The van der Waals surface area contributed by atoms with Crippen molar-refractivity contribution in [2.75, 3.05) is 10.6 Å². The highest BCUT2D eigenvalue weighted by Gasteiger charge is 2.33. The molecule has 0 atom stereocenters. The Balaban J connectivity index is 1.69. The summed E-state index contributed by atoms with van der Waals surface area (Å²) in [5.74, 6) is -0.848. The minimum absolute atomic E-state index is 0.205. The molecule has 0 saturated heterocycles. The van der Waals surface area contributed by atoms with Crippen LogP contribution in [0.4, 0.5) is 24.0 Å². The number of carbonyl (C=O) groups excluding carboxylic acids is 2. The van der Waals surface area contributed by atoms with Gasteiger partial charge in [0.1, 0.15) is 0 Å². The lowest BCUT2D eigenvalue weighted by atomic mass is 10.1. The van der Waals surface area contributed by atoms with E-state index in [2.05, 4.69) is 22.2 Å². The van der Waals surface area contributed by atoms with Crippen LogP contribution in [0.5, 0.6) is 0 Å². The van der Waals surface area contributed by atoms with E-state index in [1.165, 1.54) is 24.4 Å². The fraction of sp³-hybridized carbons (Fsp3) is 0.0952. The zero-order valence-electron chi connectivity index (χ0n) is 15.8. The fourth-order valence-corrected chi connectivity index (χ4v) is 3.72. The third kappa shape index (κ3) is 5.93. The van der Waals surface area contributed by atoms with E-state index in [4.69, 9.17) is 11.6 Å². The average Bonchev–Trinajstić information content (AvgIpc) is 3.15. The summed E-state index contributed by atoms with van der Waals surface area (Å²) in [5.41, 5.74) is 0.253. The number of alkyl halides is 3. The number of rotatable bonds is 6. The van der Waals surface area contributed by atoms with Crippen LogP contribution in [0.1, 0.15) is 26.4 Å². The Bertz CT molecular complexity index is 1140. The average molecular weight is 466 g/mol. The maximum atomic E-state index is 13.0. The lowest BCUT2D eigenvalue weighted by Crippen LogP contribution is -2.13. The monoisotopic (exact) mass is 465 g/mol. The molecule has 31 heavy (non-hydrogen) atoms. The molecular weight excluding hydrogens is 451 g/mol. The molecule has 10 heteroatoms. The minimum Gasteiger partial charge on any atom is -0.323 e. The van der Waals surface area contributed by atoms with Gasteiger partial charge in [0.2, 0.25) is 5.91 Å². The molecule has 2 N–H and O–H groups in total. The molecule has 0 saturated carbocycles. The van der Waals surface area contributed by atoms with Gasteiger partial charge in [0, 0.05) is 28.7 Å². The Morgan fingerprint density at radius 1 is 1.16 bits per heavy atom. The van der Waals surface area contributed by atoms with Crippen LogP contribution in [0.3, 0.4) is 0 Å². The Labute approximate surface area is 184 Å². The van der Waals surface area contributed by atoms with Gasteiger partial charge >= 0.3 is 6.18 Å². The molecule has 3 aromatic rings. The van der Waals surface area contributed by atoms with Crippen molar-refractivity contribution in [1.29, 1.82) is 0 Å². The predicted octanol–water partition coefficient (Wildman–Crippen LogP) is 5.78. The number of amides is 2. The number of hydrogen-bond donors (Lipinski definition) is 2. The van der Waals surface area contributed by atoms with Gasteiger partial charge in [0.15, 0.2) is 5.13 Å². The van der Waals surface area contributed by atoms with E-state index in [1.54, 1.807) is 18.2 Å². The van der Waals surface area contributed by atoms with Gasteiger partial charge in [-0.05, 0) is 42.0 Å². The summed E-state index contributed by atoms with van der Waals surface area (Å²) in [6, 6.07) is 10.0. The first-order valence-corrected chi connectivity index (χ1v) is 10.0. The third-order valence-corrected chi connectivity index (χ3v) is 5.31. The molecule has 3 rings (SSSR count). The van der Waals surface area contributed by atoms with Crippen LogP contribution >= 0.6 is 22.9 Å². The molecule has 1 aromatic heterocycles. The number of nitrogens with one attached hydrogen (secondary N) is 2. The molecule has 0 aliphatic carbocycles. The highest BCUT2D eigenvalue weighted by Crippen LogP contribution is 2.35. The number of halogens is 4. The molecule has 0 unspecified atom stereocenters. The van der Waals surface area contributed by atoms with Crippen molar-refractivity contribution >= 4 is 45.6 Å². The van der Waals surface area contributed by atoms with E-state index in [-0.39, 0.29) is 11.4 Å². The van der Waals surface area contributed by atoms with E-state index in [1.807, 2.05) is 0 Å². The quantitative estimate of drug-likeness (QED) is 0.453. The van der Waals surface area contributed by atoms with Crippen LogP contribution in [-0.4, -0.2) is 16.8 Å². The van der Waals surface area contributed by atoms with E-state index < -0.39 is 23.6 Å². The topological polar surface area (TPSA) is 71.1 Å². The van der Waals surface area contributed by atoms with Crippen LogP contribution in [0.15, 0.2) is 61.3 Å². The number of anilines is 2. The number of nitrogens with zero attached hydrogens (tertiary/aromatic N) is 1.